The molecule has 0 fully saturated rings. The molecular weight excluding hydrogens is 162 g/mol. The minimum Gasteiger partial charge on any atom is -0.399 e. The number of nitrogens with two attached hydrogens (primary N) is 1. The van der Waals surface area contributed by atoms with Crippen molar-refractivity contribution in [2.75, 3.05) is 29.5 Å². The molecule has 1 aromatic rings. The second-order valence-corrected chi connectivity index (χ2v) is 2.90. The van der Waals surface area contributed by atoms with Crippen LogP contribution in [0.5, 0.6) is 0 Å². The van der Waals surface area contributed by atoms with Gasteiger partial charge in [-0.05, 0) is 32.0 Å². The first-order chi connectivity index (χ1) is 6.26. The molecule has 0 aliphatic carbocycles. The Morgan fingerprint density at radius 2 is 1.46 bits per heavy atom. The van der Waals surface area contributed by atoms with Gasteiger partial charge in [-0.2, -0.15) is 0 Å². The molecular formula is C10H17N3. The van der Waals surface area contributed by atoms with Gasteiger partial charge < -0.3 is 16.4 Å². The van der Waals surface area contributed by atoms with Crippen LogP contribution in [0.25, 0.3) is 0 Å². The van der Waals surface area contributed by atoms with Gasteiger partial charge in [-0.25, -0.2) is 0 Å². The van der Waals surface area contributed by atoms with Crippen LogP contribution in [0.2, 0.25) is 0 Å². The van der Waals surface area contributed by atoms with Gasteiger partial charge in [0.2, 0.25) is 0 Å². The maximum Gasteiger partial charge on any atom is 0.0381 e. The summed E-state index contributed by atoms with van der Waals surface area (Å²) in [5, 5.41) is 6.45. The lowest BCUT2D eigenvalue weighted by Crippen LogP contribution is -2.01. The van der Waals surface area contributed by atoms with Gasteiger partial charge in [0.1, 0.15) is 0 Å². The molecule has 0 aliphatic rings. The highest BCUT2D eigenvalue weighted by atomic mass is 14.9. The molecule has 0 amide bonds. The minimum absolute atomic E-state index is 0.786. The van der Waals surface area contributed by atoms with Crippen LogP contribution >= 0.6 is 0 Å². The van der Waals surface area contributed by atoms with Crippen molar-refractivity contribution in [1.29, 1.82) is 0 Å². The van der Waals surface area contributed by atoms with Crippen LogP contribution in [0, 0.1) is 0 Å². The van der Waals surface area contributed by atoms with Gasteiger partial charge in [0, 0.05) is 30.2 Å². The van der Waals surface area contributed by atoms with Crippen LogP contribution in [-0.4, -0.2) is 13.1 Å². The molecule has 0 saturated carbocycles. The highest BCUT2D eigenvalue weighted by molar-refractivity contribution is 5.65. The number of hydrogen-bond acceptors (Lipinski definition) is 3. The quantitative estimate of drug-likeness (QED) is 0.621. The zero-order chi connectivity index (χ0) is 9.68. The molecule has 1 rings (SSSR count). The standard InChI is InChI=1S/C10H17N3/c1-3-12-9-5-8(11)6-10(7-9)13-4-2/h5-7,12-13H,3-4,11H2,1-2H3. The van der Waals surface area contributed by atoms with Crippen LogP contribution in [0.1, 0.15) is 13.8 Å². The second-order valence-electron chi connectivity index (χ2n) is 2.90. The smallest absolute Gasteiger partial charge is 0.0381 e. The molecule has 0 spiro atoms. The van der Waals surface area contributed by atoms with E-state index in [4.69, 9.17) is 5.73 Å². The van der Waals surface area contributed by atoms with Crippen LogP contribution in [-0.2, 0) is 0 Å². The molecule has 0 radical (unpaired) electrons. The first-order valence-electron chi connectivity index (χ1n) is 4.64. The largest absolute Gasteiger partial charge is 0.399 e. The SMILES string of the molecule is CCNc1cc(N)cc(NCC)c1. The number of benzene rings is 1. The van der Waals surface area contributed by atoms with E-state index in [1.807, 2.05) is 12.1 Å². The number of anilines is 3. The Kier molecular flexibility index (Phi) is 3.43. The molecule has 0 aliphatic heterocycles. The number of hydrogen-bond donors (Lipinski definition) is 3. The van der Waals surface area contributed by atoms with E-state index in [-0.39, 0.29) is 0 Å². The molecule has 0 unspecified atom stereocenters. The van der Waals surface area contributed by atoms with Crippen molar-refractivity contribution >= 4 is 17.1 Å². The van der Waals surface area contributed by atoms with Crippen LogP contribution in [0.4, 0.5) is 17.1 Å². The van der Waals surface area contributed by atoms with Gasteiger partial charge in [-0.15, -0.1) is 0 Å². The Morgan fingerprint density at radius 3 is 1.85 bits per heavy atom. The molecule has 0 atom stereocenters. The minimum atomic E-state index is 0.786. The zero-order valence-corrected chi connectivity index (χ0v) is 8.22. The van der Waals surface area contributed by atoms with E-state index in [0.29, 0.717) is 0 Å². The Hall–Kier alpha value is -1.38. The molecule has 0 bridgehead atoms. The van der Waals surface area contributed by atoms with E-state index in [0.717, 1.165) is 30.2 Å². The summed E-state index contributed by atoms with van der Waals surface area (Å²) in [5.74, 6) is 0. The summed E-state index contributed by atoms with van der Waals surface area (Å²) < 4.78 is 0. The molecule has 1 aromatic carbocycles. The van der Waals surface area contributed by atoms with E-state index in [1.165, 1.54) is 0 Å². The van der Waals surface area contributed by atoms with E-state index in [2.05, 4.69) is 30.5 Å². The summed E-state index contributed by atoms with van der Waals surface area (Å²) in [4.78, 5) is 0. The molecule has 72 valence electrons. The third-order valence-electron chi connectivity index (χ3n) is 1.72. The molecule has 0 saturated heterocycles. The van der Waals surface area contributed by atoms with Gasteiger partial charge in [-0.1, -0.05) is 0 Å². The fourth-order valence-corrected chi connectivity index (χ4v) is 1.26. The van der Waals surface area contributed by atoms with E-state index < -0.39 is 0 Å². The predicted molar refractivity (Wildman–Crippen MR) is 59.2 cm³/mol. The molecule has 3 nitrogen and oxygen atoms in total. The zero-order valence-electron chi connectivity index (χ0n) is 8.22. The average Bonchev–Trinajstić information content (AvgIpc) is 2.04. The first-order valence-corrected chi connectivity index (χ1v) is 4.64. The summed E-state index contributed by atoms with van der Waals surface area (Å²) in [7, 11) is 0. The Labute approximate surface area is 79.3 Å². The van der Waals surface area contributed by atoms with E-state index in [1.54, 1.807) is 0 Å². The number of rotatable bonds is 4. The summed E-state index contributed by atoms with van der Waals surface area (Å²) in [6, 6.07) is 5.93. The molecule has 0 aromatic heterocycles. The Morgan fingerprint density at radius 1 is 1.00 bits per heavy atom. The van der Waals surface area contributed by atoms with Crippen molar-refractivity contribution in [3.63, 3.8) is 0 Å². The number of nitrogens with one attached hydrogen (secondary N) is 2. The monoisotopic (exact) mass is 179 g/mol. The highest BCUT2D eigenvalue weighted by Crippen LogP contribution is 2.20. The topological polar surface area (TPSA) is 50.1 Å². The maximum atomic E-state index is 5.74. The van der Waals surface area contributed by atoms with Gasteiger partial charge in [0.25, 0.3) is 0 Å². The lowest BCUT2D eigenvalue weighted by atomic mass is 10.2. The lowest BCUT2D eigenvalue weighted by molar-refractivity contribution is 1.20. The third-order valence-corrected chi connectivity index (χ3v) is 1.72. The normalized spacial score (nSPS) is 9.69. The third kappa shape index (κ3) is 2.86. The van der Waals surface area contributed by atoms with E-state index >= 15 is 0 Å². The molecule has 4 N–H and O–H groups in total. The summed E-state index contributed by atoms with van der Waals surface area (Å²) in [5.41, 5.74) is 8.66. The van der Waals surface area contributed by atoms with E-state index in [9.17, 15) is 0 Å². The molecule has 0 heterocycles. The highest BCUT2D eigenvalue weighted by Gasteiger charge is 1.96. The average molecular weight is 179 g/mol. The van der Waals surface area contributed by atoms with Crippen molar-refractivity contribution in [2.24, 2.45) is 0 Å². The molecule has 13 heavy (non-hydrogen) atoms. The van der Waals surface area contributed by atoms with Crippen LogP contribution < -0.4 is 16.4 Å². The Balaban J connectivity index is 2.83. The van der Waals surface area contributed by atoms with Crippen molar-refractivity contribution in [1.82, 2.24) is 0 Å². The Bertz CT molecular complexity index is 247. The fourth-order valence-electron chi connectivity index (χ4n) is 1.26. The van der Waals surface area contributed by atoms with Gasteiger partial charge in [-0.3, -0.25) is 0 Å². The first kappa shape index (κ1) is 9.71. The van der Waals surface area contributed by atoms with Crippen LogP contribution in [0.15, 0.2) is 18.2 Å². The summed E-state index contributed by atoms with van der Waals surface area (Å²) >= 11 is 0. The number of nitrogen functional groups attached to an aromatic ring is 1. The lowest BCUT2D eigenvalue weighted by Gasteiger charge is -2.09. The summed E-state index contributed by atoms with van der Waals surface area (Å²) in [6.07, 6.45) is 0. The fraction of sp³-hybridized carbons (Fsp3) is 0.400. The van der Waals surface area contributed by atoms with Gasteiger partial charge >= 0.3 is 0 Å². The van der Waals surface area contributed by atoms with Gasteiger partial charge in [0.05, 0.1) is 0 Å². The van der Waals surface area contributed by atoms with Crippen molar-refractivity contribution < 1.29 is 0 Å². The van der Waals surface area contributed by atoms with Crippen molar-refractivity contribution in [3.8, 4) is 0 Å². The second kappa shape index (κ2) is 4.60. The van der Waals surface area contributed by atoms with Gasteiger partial charge in [0.15, 0.2) is 0 Å². The van der Waals surface area contributed by atoms with Crippen molar-refractivity contribution in [2.45, 2.75) is 13.8 Å². The van der Waals surface area contributed by atoms with Crippen LogP contribution in [0.3, 0.4) is 0 Å². The summed E-state index contributed by atoms with van der Waals surface area (Å²) in [6.45, 7) is 5.95. The molecule has 3 heteroatoms. The van der Waals surface area contributed by atoms with Crippen molar-refractivity contribution in [3.05, 3.63) is 18.2 Å². The maximum absolute atomic E-state index is 5.74. The predicted octanol–water partition coefficient (Wildman–Crippen LogP) is 2.13.